The number of hydrogen-bond donors (Lipinski definition) is 3. The van der Waals surface area contributed by atoms with Crippen LogP contribution in [-0.4, -0.2) is 22.6 Å². The first-order valence-electron chi connectivity index (χ1n) is 5.88. The summed E-state index contributed by atoms with van der Waals surface area (Å²) in [5.41, 5.74) is 7.19. The number of rotatable bonds is 4. The van der Waals surface area contributed by atoms with Crippen LogP contribution >= 0.6 is 0 Å². The number of aromatic nitrogens is 2. The van der Waals surface area contributed by atoms with E-state index in [1.54, 1.807) is 6.07 Å². The fourth-order valence-electron chi connectivity index (χ4n) is 2.09. The van der Waals surface area contributed by atoms with Gasteiger partial charge in [-0.25, -0.2) is 9.37 Å². The average molecular weight is 234 g/mol. The van der Waals surface area contributed by atoms with Gasteiger partial charge in [-0.05, 0) is 37.0 Å². The van der Waals surface area contributed by atoms with Crippen LogP contribution in [0.25, 0.3) is 11.0 Å². The normalized spacial score (nSPS) is 17.3. The fraction of sp³-hybridized carbons (Fsp3) is 0.417. The Morgan fingerprint density at radius 1 is 1.53 bits per heavy atom. The first-order chi connectivity index (χ1) is 8.26. The summed E-state index contributed by atoms with van der Waals surface area (Å²) in [6.45, 7) is 0.593. The highest BCUT2D eigenvalue weighted by Crippen LogP contribution is 2.33. The van der Waals surface area contributed by atoms with Crippen molar-refractivity contribution in [2.45, 2.75) is 18.9 Å². The van der Waals surface area contributed by atoms with Gasteiger partial charge in [0.2, 0.25) is 5.95 Å². The highest BCUT2D eigenvalue weighted by molar-refractivity contribution is 5.77. The minimum atomic E-state index is -0.259. The summed E-state index contributed by atoms with van der Waals surface area (Å²) in [6, 6.07) is 4.79. The van der Waals surface area contributed by atoms with E-state index in [1.165, 1.54) is 25.0 Å². The number of nitrogens with one attached hydrogen (secondary N) is 2. The van der Waals surface area contributed by atoms with Crippen LogP contribution in [0.15, 0.2) is 18.2 Å². The molecule has 0 bridgehead atoms. The van der Waals surface area contributed by atoms with Crippen molar-refractivity contribution in [3.05, 3.63) is 24.0 Å². The SMILES string of the molecule is NCC(Nc1nc2ccc(F)cc2[nH]1)C1CC1. The number of H-pyrrole nitrogens is 1. The molecule has 1 aromatic heterocycles. The van der Waals surface area contributed by atoms with Crippen LogP contribution in [0.3, 0.4) is 0 Å². The number of aromatic amines is 1. The van der Waals surface area contributed by atoms with Crippen molar-refractivity contribution < 1.29 is 4.39 Å². The van der Waals surface area contributed by atoms with Gasteiger partial charge < -0.3 is 16.0 Å². The molecule has 0 amide bonds. The topological polar surface area (TPSA) is 66.7 Å². The number of hydrogen-bond acceptors (Lipinski definition) is 3. The van der Waals surface area contributed by atoms with Gasteiger partial charge in [-0.15, -0.1) is 0 Å². The molecule has 2 aromatic rings. The van der Waals surface area contributed by atoms with Crippen LogP contribution in [0.1, 0.15) is 12.8 Å². The second kappa shape index (κ2) is 4.00. The van der Waals surface area contributed by atoms with Crippen molar-refractivity contribution in [1.82, 2.24) is 9.97 Å². The Morgan fingerprint density at radius 3 is 3.06 bits per heavy atom. The lowest BCUT2D eigenvalue weighted by Crippen LogP contribution is -2.31. The zero-order valence-electron chi connectivity index (χ0n) is 9.41. The molecular weight excluding hydrogens is 219 g/mol. The lowest BCUT2D eigenvalue weighted by molar-refractivity contribution is 0.629. The van der Waals surface area contributed by atoms with E-state index in [0.29, 0.717) is 23.9 Å². The molecule has 0 spiro atoms. The van der Waals surface area contributed by atoms with E-state index in [9.17, 15) is 4.39 Å². The lowest BCUT2D eigenvalue weighted by atomic mass is 10.2. The van der Waals surface area contributed by atoms with Gasteiger partial charge in [0.15, 0.2) is 0 Å². The Hall–Kier alpha value is -1.62. The van der Waals surface area contributed by atoms with E-state index < -0.39 is 0 Å². The van der Waals surface area contributed by atoms with Crippen molar-refractivity contribution in [1.29, 1.82) is 0 Å². The first-order valence-corrected chi connectivity index (χ1v) is 5.88. The summed E-state index contributed by atoms with van der Waals surface area (Å²) >= 11 is 0. The van der Waals surface area contributed by atoms with E-state index in [1.807, 2.05) is 0 Å². The van der Waals surface area contributed by atoms with Crippen LogP contribution in [-0.2, 0) is 0 Å². The fourth-order valence-corrected chi connectivity index (χ4v) is 2.09. The molecular formula is C12H15FN4. The molecule has 4 nitrogen and oxygen atoms in total. The third-order valence-electron chi connectivity index (χ3n) is 3.21. The van der Waals surface area contributed by atoms with Crippen LogP contribution in [0, 0.1) is 11.7 Å². The standard InChI is InChI=1S/C12H15FN4/c13-8-3-4-9-10(5-8)16-12(15-9)17-11(6-14)7-1-2-7/h3-5,7,11H,1-2,6,14H2,(H2,15,16,17). The predicted octanol–water partition coefficient (Wildman–Crippen LogP) is 1.85. The monoisotopic (exact) mass is 234 g/mol. The van der Waals surface area contributed by atoms with Crippen molar-refractivity contribution in [2.24, 2.45) is 11.7 Å². The summed E-state index contributed by atoms with van der Waals surface area (Å²) in [5.74, 6) is 1.07. The minimum Gasteiger partial charge on any atom is -0.352 e. The molecule has 1 atom stereocenters. The quantitative estimate of drug-likeness (QED) is 0.756. The first kappa shape index (κ1) is 10.5. The third kappa shape index (κ3) is 2.10. The van der Waals surface area contributed by atoms with Gasteiger partial charge in [0.05, 0.1) is 11.0 Å². The molecule has 1 unspecified atom stereocenters. The smallest absolute Gasteiger partial charge is 0.201 e. The van der Waals surface area contributed by atoms with E-state index >= 15 is 0 Å². The molecule has 1 heterocycles. The largest absolute Gasteiger partial charge is 0.352 e. The average Bonchev–Trinajstić information content (AvgIpc) is 3.07. The summed E-state index contributed by atoms with van der Waals surface area (Å²) in [4.78, 5) is 7.43. The van der Waals surface area contributed by atoms with E-state index in [0.717, 1.165) is 5.52 Å². The number of nitrogens with zero attached hydrogens (tertiary/aromatic N) is 1. The second-order valence-electron chi connectivity index (χ2n) is 4.57. The van der Waals surface area contributed by atoms with Gasteiger partial charge in [0, 0.05) is 12.6 Å². The molecule has 1 aromatic carbocycles. The highest BCUT2D eigenvalue weighted by Gasteiger charge is 2.30. The van der Waals surface area contributed by atoms with E-state index in [2.05, 4.69) is 15.3 Å². The predicted molar refractivity (Wildman–Crippen MR) is 65.2 cm³/mol. The number of anilines is 1. The van der Waals surface area contributed by atoms with E-state index in [4.69, 9.17) is 5.73 Å². The molecule has 0 radical (unpaired) electrons. The maximum Gasteiger partial charge on any atom is 0.201 e. The van der Waals surface area contributed by atoms with Gasteiger partial charge in [0.25, 0.3) is 0 Å². The maximum absolute atomic E-state index is 13.0. The number of halogens is 1. The lowest BCUT2D eigenvalue weighted by Gasteiger charge is -2.14. The van der Waals surface area contributed by atoms with Gasteiger partial charge in [-0.1, -0.05) is 0 Å². The van der Waals surface area contributed by atoms with Crippen molar-refractivity contribution in [3.8, 4) is 0 Å². The Morgan fingerprint density at radius 2 is 2.35 bits per heavy atom. The van der Waals surface area contributed by atoms with Gasteiger partial charge in [-0.2, -0.15) is 0 Å². The Bertz CT molecular complexity index is 532. The van der Waals surface area contributed by atoms with Crippen LogP contribution in [0.5, 0.6) is 0 Å². The molecule has 5 heteroatoms. The van der Waals surface area contributed by atoms with Gasteiger partial charge in [-0.3, -0.25) is 0 Å². The van der Waals surface area contributed by atoms with Crippen LogP contribution < -0.4 is 11.1 Å². The Labute approximate surface area is 98.4 Å². The molecule has 4 N–H and O–H groups in total. The third-order valence-corrected chi connectivity index (χ3v) is 3.21. The molecule has 0 saturated heterocycles. The van der Waals surface area contributed by atoms with Crippen molar-refractivity contribution in [3.63, 3.8) is 0 Å². The van der Waals surface area contributed by atoms with Crippen molar-refractivity contribution in [2.75, 3.05) is 11.9 Å². The molecule has 1 fully saturated rings. The van der Waals surface area contributed by atoms with Crippen LogP contribution in [0.2, 0.25) is 0 Å². The Kier molecular flexibility index (Phi) is 2.48. The maximum atomic E-state index is 13.0. The number of benzene rings is 1. The van der Waals surface area contributed by atoms with Gasteiger partial charge in [0.1, 0.15) is 5.82 Å². The Balaban J connectivity index is 1.84. The van der Waals surface area contributed by atoms with E-state index in [-0.39, 0.29) is 11.9 Å². The molecule has 90 valence electrons. The summed E-state index contributed by atoms with van der Waals surface area (Å²) < 4.78 is 13.0. The molecule has 1 saturated carbocycles. The highest BCUT2D eigenvalue weighted by atomic mass is 19.1. The molecule has 1 aliphatic carbocycles. The molecule has 1 aliphatic rings. The zero-order valence-corrected chi connectivity index (χ0v) is 9.41. The second-order valence-corrected chi connectivity index (χ2v) is 4.57. The molecule has 17 heavy (non-hydrogen) atoms. The summed E-state index contributed by atoms with van der Waals surface area (Å²) in [5, 5.41) is 3.29. The van der Waals surface area contributed by atoms with Gasteiger partial charge >= 0.3 is 0 Å². The zero-order chi connectivity index (χ0) is 11.8. The number of imidazole rings is 1. The minimum absolute atomic E-state index is 0.259. The molecule has 0 aliphatic heterocycles. The molecule has 3 rings (SSSR count). The summed E-state index contributed by atoms with van der Waals surface area (Å²) in [6.07, 6.45) is 2.45. The number of fused-ring (bicyclic) bond motifs is 1. The summed E-state index contributed by atoms with van der Waals surface area (Å²) in [7, 11) is 0. The number of nitrogens with two attached hydrogens (primary N) is 1. The van der Waals surface area contributed by atoms with Crippen LogP contribution in [0.4, 0.5) is 10.3 Å². The van der Waals surface area contributed by atoms with Crippen molar-refractivity contribution >= 4 is 17.0 Å².